The van der Waals surface area contributed by atoms with E-state index in [1.54, 1.807) is 0 Å². The van der Waals surface area contributed by atoms with Crippen LogP contribution >= 0.6 is 11.8 Å². The number of ether oxygens (including phenoxy) is 1. The molecule has 2 unspecified atom stereocenters. The smallest absolute Gasteiger partial charge is 0.0547 e. The molecule has 0 aromatic heterocycles. The summed E-state index contributed by atoms with van der Waals surface area (Å²) >= 11 is 2.10. The van der Waals surface area contributed by atoms with Crippen molar-refractivity contribution >= 4 is 11.8 Å². The first-order chi connectivity index (χ1) is 7.74. The minimum absolute atomic E-state index is 0.372. The predicted molar refractivity (Wildman–Crippen MR) is 70.2 cm³/mol. The molecule has 2 heterocycles. The molecule has 0 saturated carbocycles. The van der Waals surface area contributed by atoms with E-state index in [2.05, 4.69) is 35.9 Å². The summed E-state index contributed by atoms with van der Waals surface area (Å²) in [5, 5.41) is 4.13. The van der Waals surface area contributed by atoms with Gasteiger partial charge in [0.05, 0.1) is 6.61 Å². The molecule has 16 heavy (non-hydrogen) atoms. The summed E-state index contributed by atoms with van der Waals surface area (Å²) in [7, 11) is 2.05. The molecule has 0 aromatic carbocycles. The van der Waals surface area contributed by atoms with Gasteiger partial charge in [0.15, 0.2) is 0 Å². The van der Waals surface area contributed by atoms with Gasteiger partial charge in [-0.3, -0.25) is 0 Å². The van der Waals surface area contributed by atoms with Crippen LogP contribution in [0.5, 0.6) is 0 Å². The summed E-state index contributed by atoms with van der Waals surface area (Å²) in [6.07, 6.45) is 1.21. The maximum atomic E-state index is 5.61. The van der Waals surface area contributed by atoms with E-state index >= 15 is 0 Å². The van der Waals surface area contributed by atoms with Crippen molar-refractivity contribution in [1.82, 2.24) is 10.2 Å². The summed E-state index contributed by atoms with van der Waals surface area (Å²) in [4.78, 5) is 2.63. The standard InChI is InChI=1S/C12H24N2OS/c1-11-7-14(4-6-16-11)9-12(8-13-2)3-5-15-10-12/h11,13H,3-10H2,1-2H3. The maximum Gasteiger partial charge on any atom is 0.0547 e. The number of nitrogens with zero attached hydrogens (tertiary/aromatic N) is 1. The van der Waals surface area contributed by atoms with E-state index in [-0.39, 0.29) is 0 Å². The monoisotopic (exact) mass is 244 g/mol. The van der Waals surface area contributed by atoms with Crippen LogP contribution in [0.3, 0.4) is 0 Å². The van der Waals surface area contributed by atoms with Gasteiger partial charge in [0.25, 0.3) is 0 Å². The van der Waals surface area contributed by atoms with Crippen molar-refractivity contribution in [3.8, 4) is 0 Å². The van der Waals surface area contributed by atoms with E-state index in [0.717, 1.165) is 25.0 Å². The highest BCUT2D eigenvalue weighted by Gasteiger charge is 2.36. The molecule has 0 bridgehead atoms. The Labute approximate surface area is 103 Å². The molecular formula is C12H24N2OS. The Balaban J connectivity index is 1.89. The van der Waals surface area contributed by atoms with Gasteiger partial charge in [-0.15, -0.1) is 0 Å². The van der Waals surface area contributed by atoms with Crippen molar-refractivity contribution in [3.05, 3.63) is 0 Å². The van der Waals surface area contributed by atoms with E-state index in [0.29, 0.717) is 5.41 Å². The zero-order valence-corrected chi connectivity index (χ0v) is 11.3. The molecule has 0 aromatic rings. The van der Waals surface area contributed by atoms with Crippen LogP contribution in [-0.2, 0) is 4.74 Å². The summed E-state index contributed by atoms with van der Waals surface area (Å²) < 4.78 is 5.61. The zero-order chi connectivity index (χ0) is 11.4. The van der Waals surface area contributed by atoms with Crippen LogP contribution in [0, 0.1) is 5.41 Å². The third kappa shape index (κ3) is 3.13. The lowest BCUT2D eigenvalue weighted by atomic mass is 9.86. The Kier molecular flexibility index (Phi) is 4.53. The maximum absolute atomic E-state index is 5.61. The largest absolute Gasteiger partial charge is 0.381 e. The number of nitrogens with one attached hydrogen (secondary N) is 1. The molecule has 2 atom stereocenters. The lowest BCUT2D eigenvalue weighted by Gasteiger charge is -2.37. The van der Waals surface area contributed by atoms with Gasteiger partial charge >= 0.3 is 0 Å². The van der Waals surface area contributed by atoms with E-state index in [1.165, 1.54) is 31.8 Å². The van der Waals surface area contributed by atoms with Crippen LogP contribution in [0.1, 0.15) is 13.3 Å². The highest BCUT2D eigenvalue weighted by Crippen LogP contribution is 2.30. The van der Waals surface area contributed by atoms with Gasteiger partial charge in [-0.2, -0.15) is 11.8 Å². The second kappa shape index (κ2) is 5.71. The van der Waals surface area contributed by atoms with Crippen LogP contribution in [0.2, 0.25) is 0 Å². The molecule has 2 aliphatic heterocycles. The van der Waals surface area contributed by atoms with Crippen molar-refractivity contribution in [2.75, 3.05) is 52.2 Å². The summed E-state index contributed by atoms with van der Waals surface area (Å²) in [6.45, 7) is 9.01. The molecule has 94 valence electrons. The molecule has 2 aliphatic rings. The minimum atomic E-state index is 0.372. The van der Waals surface area contributed by atoms with Crippen molar-refractivity contribution < 1.29 is 4.74 Å². The van der Waals surface area contributed by atoms with Crippen LogP contribution in [0.25, 0.3) is 0 Å². The SMILES string of the molecule is CNCC1(CN2CCSC(C)C2)CCOC1. The molecule has 2 saturated heterocycles. The molecule has 4 heteroatoms. The molecule has 0 spiro atoms. The highest BCUT2D eigenvalue weighted by atomic mass is 32.2. The summed E-state index contributed by atoms with van der Waals surface area (Å²) in [5.74, 6) is 1.29. The Bertz CT molecular complexity index is 219. The lowest BCUT2D eigenvalue weighted by Crippen LogP contribution is -2.47. The topological polar surface area (TPSA) is 24.5 Å². The average molecular weight is 244 g/mol. The third-order valence-corrected chi connectivity index (χ3v) is 4.76. The van der Waals surface area contributed by atoms with Crippen LogP contribution in [0.15, 0.2) is 0 Å². The van der Waals surface area contributed by atoms with E-state index in [1.807, 2.05) is 0 Å². The second-order valence-corrected chi connectivity index (χ2v) is 6.80. The zero-order valence-electron chi connectivity index (χ0n) is 10.5. The first kappa shape index (κ1) is 12.7. The van der Waals surface area contributed by atoms with Gasteiger partial charge < -0.3 is 15.0 Å². The lowest BCUT2D eigenvalue weighted by molar-refractivity contribution is 0.111. The van der Waals surface area contributed by atoms with Crippen molar-refractivity contribution in [2.45, 2.75) is 18.6 Å². The number of hydrogen-bond acceptors (Lipinski definition) is 4. The normalized spacial score (nSPS) is 36.8. The fraction of sp³-hybridized carbons (Fsp3) is 1.00. The Morgan fingerprint density at radius 3 is 3.06 bits per heavy atom. The first-order valence-corrected chi connectivity index (χ1v) is 7.35. The molecule has 2 fully saturated rings. The van der Waals surface area contributed by atoms with Gasteiger partial charge in [0, 0.05) is 49.2 Å². The number of thioether (sulfide) groups is 1. The minimum Gasteiger partial charge on any atom is -0.381 e. The molecule has 0 aliphatic carbocycles. The molecule has 0 amide bonds. The van der Waals surface area contributed by atoms with Crippen LogP contribution in [-0.4, -0.2) is 62.3 Å². The van der Waals surface area contributed by atoms with Crippen molar-refractivity contribution in [3.63, 3.8) is 0 Å². The van der Waals surface area contributed by atoms with E-state index < -0.39 is 0 Å². The fourth-order valence-electron chi connectivity index (χ4n) is 2.85. The Morgan fingerprint density at radius 2 is 2.44 bits per heavy atom. The third-order valence-electron chi connectivity index (χ3n) is 3.62. The molecular weight excluding hydrogens is 220 g/mol. The second-order valence-electron chi connectivity index (χ2n) is 5.25. The van der Waals surface area contributed by atoms with Crippen molar-refractivity contribution in [1.29, 1.82) is 0 Å². The van der Waals surface area contributed by atoms with Crippen molar-refractivity contribution in [2.24, 2.45) is 5.41 Å². The van der Waals surface area contributed by atoms with Gasteiger partial charge in [-0.1, -0.05) is 6.92 Å². The number of hydrogen-bond donors (Lipinski definition) is 1. The average Bonchev–Trinajstić information content (AvgIpc) is 2.67. The Morgan fingerprint density at radius 1 is 1.56 bits per heavy atom. The van der Waals surface area contributed by atoms with E-state index in [4.69, 9.17) is 4.74 Å². The molecule has 0 radical (unpaired) electrons. The van der Waals surface area contributed by atoms with Gasteiger partial charge in [-0.25, -0.2) is 0 Å². The summed E-state index contributed by atoms with van der Waals surface area (Å²) in [6, 6.07) is 0. The number of rotatable bonds is 4. The highest BCUT2D eigenvalue weighted by molar-refractivity contribution is 7.99. The fourth-order valence-corrected chi connectivity index (χ4v) is 3.94. The van der Waals surface area contributed by atoms with Gasteiger partial charge in [-0.05, 0) is 13.5 Å². The quantitative estimate of drug-likeness (QED) is 0.799. The predicted octanol–water partition coefficient (Wildman–Crippen LogP) is 1.05. The molecule has 1 N–H and O–H groups in total. The van der Waals surface area contributed by atoms with Crippen LogP contribution < -0.4 is 5.32 Å². The molecule has 2 rings (SSSR count). The molecule has 3 nitrogen and oxygen atoms in total. The van der Waals surface area contributed by atoms with E-state index in [9.17, 15) is 0 Å². The van der Waals surface area contributed by atoms with Gasteiger partial charge in [0.1, 0.15) is 0 Å². The Hall–Kier alpha value is 0.230. The van der Waals surface area contributed by atoms with Gasteiger partial charge in [0.2, 0.25) is 0 Å². The van der Waals surface area contributed by atoms with Crippen LogP contribution in [0.4, 0.5) is 0 Å². The summed E-state index contributed by atoms with van der Waals surface area (Å²) in [5.41, 5.74) is 0.372. The first-order valence-electron chi connectivity index (χ1n) is 6.30.